The number of nitrogens with two attached hydrogens (primary N) is 1. The first-order valence-electron chi connectivity index (χ1n) is 14.0. The van der Waals surface area contributed by atoms with Crippen molar-refractivity contribution in [2.24, 2.45) is 11.7 Å². The van der Waals surface area contributed by atoms with Gasteiger partial charge >= 0.3 is 12.1 Å². The van der Waals surface area contributed by atoms with E-state index in [4.69, 9.17) is 19.9 Å². The quantitative estimate of drug-likeness (QED) is 0.364. The first kappa shape index (κ1) is 31.7. The number of likely N-dealkylation sites (tertiary alicyclic amines) is 1. The molecular weight excluding hydrogens is 526 g/mol. The van der Waals surface area contributed by atoms with Crippen LogP contribution in [0.2, 0.25) is 0 Å². The van der Waals surface area contributed by atoms with Gasteiger partial charge < -0.3 is 35.3 Å². The maximum atomic E-state index is 13.2. The van der Waals surface area contributed by atoms with Gasteiger partial charge in [0.2, 0.25) is 0 Å². The average molecular weight is 570 g/mol. The summed E-state index contributed by atoms with van der Waals surface area (Å²) in [6, 6.07) is 10.2. The second kappa shape index (κ2) is 13.2. The molecule has 1 saturated heterocycles. The summed E-state index contributed by atoms with van der Waals surface area (Å²) in [7, 11) is 0. The molecule has 0 aliphatic carbocycles. The molecule has 2 aromatic rings. The normalized spacial score (nSPS) is 15.1. The Bertz CT molecular complexity index is 1210. The van der Waals surface area contributed by atoms with E-state index in [1.54, 1.807) is 56.0 Å². The smallest absolute Gasteiger partial charge is 0.407 e. The molecule has 1 heterocycles. The Kier molecular flexibility index (Phi) is 10.3. The van der Waals surface area contributed by atoms with E-state index in [0.717, 1.165) is 19.3 Å². The molecule has 2 aromatic carbocycles. The highest BCUT2D eigenvalue weighted by Gasteiger charge is 2.26. The van der Waals surface area contributed by atoms with Crippen LogP contribution in [0.5, 0.6) is 17.2 Å². The summed E-state index contributed by atoms with van der Waals surface area (Å²) in [4.78, 5) is 39.1. The van der Waals surface area contributed by atoms with Gasteiger partial charge in [-0.15, -0.1) is 0 Å². The SMILES string of the molecule is CC(C)(C)OC(=O)NCCC1CCN(C(=O)c2cc(O)cc(Oc3ccc(C(N)C(=O)OC(C)(C)C)cc3)c2)CC1. The van der Waals surface area contributed by atoms with Crippen molar-refractivity contribution < 1.29 is 33.7 Å². The van der Waals surface area contributed by atoms with Crippen molar-refractivity contribution in [3.63, 3.8) is 0 Å². The fraction of sp³-hybridized carbons (Fsp3) is 0.516. The van der Waals surface area contributed by atoms with Crippen LogP contribution in [0.25, 0.3) is 0 Å². The zero-order valence-electron chi connectivity index (χ0n) is 24.9. The van der Waals surface area contributed by atoms with E-state index in [1.807, 2.05) is 20.8 Å². The van der Waals surface area contributed by atoms with Crippen molar-refractivity contribution in [2.45, 2.75) is 78.0 Å². The molecule has 1 aliphatic heterocycles. The third-order valence-corrected chi connectivity index (χ3v) is 6.40. The summed E-state index contributed by atoms with van der Waals surface area (Å²) in [5.41, 5.74) is 5.77. The fourth-order valence-corrected chi connectivity index (χ4v) is 4.45. The molecule has 0 saturated carbocycles. The number of aromatic hydroxyl groups is 1. The van der Waals surface area contributed by atoms with E-state index in [9.17, 15) is 19.5 Å². The number of piperidine rings is 1. The van der Waals surface area contributed by atoms with Crippen molar-refractivity contribution in [1.29, 1.82) is 0 Å². The lowest BCUT2D eigenvalue weighted by Gasteiger charge is -2.32. The number of esters is 1. The van der Waals surface area contributed by atoms with Gasteiger partial charge in [0.25, 0.3) is 5.91 Å². The maximum Gasteiger partial charge on any atom is 0.407 e. The summed E-state index contributed by atoms with van der Waals surface area (Å²) < 4.78 is 16.5. The predicted molar refractivity (Wildman–Crippen MR) is 155 cm³/mol. The molecule has 1 unspecified atom stereocenters. The van der Waals surface area contributed by atoms with Crippen LogP contribution in [0.1, 0.15) is 82.8 Å². The first-order valence-corrected chi connectivity index (χ1v) is 14.0. The molecule has 1 fully saturated rings. The van der Waals surface area contributed by atoms with Gasteiger partial charge in [0, 0.05) is 31.3 Å². The predicted octanol–water partition coefficient (Wildman–Crippen LogP) is 5.29. The number of nitrogens with zero attached hydrogens (tertiary/aromatic N) is 1. The van der Waals surface area contributed by atoms with Crippen LogP contribution in [0.15, 0.2) is 42.5 Å². The van der Waals surface area contributed by atoms with E-state index in [0.29, 0.717) is 48.2 Å². The van der Waals surface area contributed by atoms with Crippen LogP contribution in [-0.4, -0.2) is 58.8 Å². The fourth-order valence-electron chi connectivity index (χ4n) is 4.45. The minimum absolute atomic E-state index is 0.0856. The Morgan fingerprint density at radius 3 is 2.15 bits per heavy atom. The van der Waals surface area contributed by atoms with Gasteiger partial charge in [0.1, 0.15) is 34.5 Å². The van der Waals surface area contributed by atoms with Gasteiger partial charge in [-0.3, -0.25) is 4.79 Å². The Hall–Kier alpha value is -3.79. The summed E-state index contributed by atoms with van der Waals surface area (Å²) in [6.07, 6.45) is 2.03. The molecule has 3 rings (SSSR count). The topological polar surface area (TPSA) is 140 Å². The monoisotopic (exact) mass is 569 g/mol. The van der Waals surface area contributed by atoms with Gasteiger partial charge in [-0.1, -0.05) is 12.1 Å². The van der Waals surface area contributed by atoms with Gasteiger partial charge in [-0.2, -0.15) is 0 Å². The van der Waals surface area contributed by atoms with E-state index in [2.05, 4.69) is 5.32 Å². The second-order valence-electron chi connectivity index (χ2n) is 12.4. The maximum absolute atomic E-state index is 13.2. The lowest BCUT2D eigenvalue weighted by Crippen LogP contribution is -2.39. The highest BCUT2D eigenvalue weighted by molar-refractivity contribution is 5.95. The van der Waals surface area contributed by atoms with Crippen LogP contribution in [-0.2, 0) is 14.3 Å². The third kappa shape index (κ3) is 10.3. The molecule has 0 aromatic heterocycles. The molecular formula is C31H43N3O7. The van der Waals surface area contributed by atoms with E-state index in [-0.39, 0.29) is 11.7 Å². The molecule has 1 aliphatic rings. The number of carbonyl (C=O) groups is 3. The van der Waals surface area contributed by atoms with E-state index in [1.165, 1.54) is 12.1 Å². The van der Waals surface area contributed by atoms with Crippen LogP contribution in [0.4, 0.5) is 4.79 Å². The van der Waals surface area contributed by atoms with Crippen molar-refractivity contribution in [3.8, 4) is 17.2 Å². The zero-order chi connectivity index (χ0) is 30.4. The number of hydrogen-bond donors (Lipinski definition) is 3. The molecule has 0 spiro atoms. The number of carbonyl (C=O) groups excluding carboxylic acids is 3. The van der Waals surface area contributed by atoms with Crippen molar-refractivity contribution >= 4 is 18.0 Å². The van der Waals surface area contributed by atoms with E-state index < -0.39 is 29.3 Å². The first-order chi connectivity index (χ1) is 19.1. The molecule has 0 radical (unpaired) electrons. The number of alkyl carbamates (subject to hydrolysis) is 1. The Balaban J connectivity index is 1.54. The molecule has 10 heteroatoms. The standard InChI is InChI=1S/C31H43N3O7/c1-30(2,3)40-28(37)26(32)21-7-9-24(10-8-21)39-25-18-22(17-23(35)19-25)27(36)34-15-12-20(13-16-34)11-14-33-29(38)41-31(4,5)6/h7-10,17-20,26,35H,11-16,32H2,1-6H3,(H,33,38). The molecule has 224 valence electrons. The number of hydrogen-bond acceptors (Lipinski definition) is 8. The second-order valence-corrected chi connectivity index (χ2v) is 12.4. The molecule has 10 nitrogen and oxygen atoms in total. The number of phenols is 1. The Morgan fingerprint density at radius 2 is 1.56 bits per heavy atom. The van der Waals surface area contributed by atoms with Crippen molar-refractivity contribution in [1.82, 2.24) is 10.2 Å². The lowest BCUT2D eigenvalue weighted by atomic mass is 9.93. The number of ether oxygens (including phenoxy) is 3. The number of nitrogens with one attached hydrogen (secondary N) is 1. The van der Waals surface area contributed by atoms with Crippen LogP contribution in [0, 0.1) is 5.92 Å². The van der Waals surface area contributed by atoms with Gasteiger partial charge in [0.05, 0.1) is 0 Å². The van der Waals surface area contributed by atoms with Gasteiger partial charge in [-0.05, 0) is 96.6 Å². The summed E-state index contributed by atoms with van der Waals surface area (Å²) in [5, 5.41) is 13.1. The number of amides is 2. The summed E-state index contributed by atoms with van der Waals surface area (Å²) in [5.74, 6) is 0.357. The highest BCUT2D eigenvalue weighted by atomic mass is 16.6. The van der Waals surface area contributed by atoms with Crippen LogP contribution in [0.3, 0.4) is 0 Å². The largest absolute Gasteiger partial charge is 0.508 e. The third-order valence-electron chi connectivity index (χ3n) is 6.40. The minimum Gasteiger partial charge on any atom is -0.508 e. The minimum atomic E-state index is -0.932. The molecule has 2 amide bonds. The van der Waals surface area contributed by atoms with Crippen molar-refractivity contribution in [2.75, 3.05) is 19.6 Å². The number of phenolic OH excluding ortho intramolecular Hbond substituents is 1. The van der Waals surface area contributed by atoms with Crippen molar-refractivity contribution in [3.05, 3.63) is 53.6 Å². The lowest BCUT2D eigenvalue weighted by molar-refractivity contribution is -0.156. The average Bonchev–Trinajstić information content (AvgIpc) is 2.86. The summed E-state index contributed by atoms with van der Waals surface area (Å²) >= 11 is 0. The van der Waals surface area contributed by atoms with E-state index >= 15 is 0 Å². The summed E-state index contributed by atoms with van der Waals surface area (Å²) in [6.45, 7) is 12.5. The molecule has 41 heavy (non-hydrogen) atoms. The van der Waals surface area contributed by atoms with Gasteiger partial charge in [-0.25, -0.2) is 9.59 Å². The van der Waals surface area contributed by atoms with Gasteiger partial charge in [0.15, 0.2) is 0 Å². The van der Waals surface area contributed by atoms with Crippen LogP contribution >= 0.6 is 0 Å². The zero-order valence-corrected chi connectivity index (χ0v) is 24.9. The number of benzene rings is 2. The highest BCUT2D eigenvalue weighted by Crippen LogP contribution is 2.30. The Labute approximate surface area is 242 Å². The molecule has 0 bridgehead atoms. The number of rotatable bonds is 8. The Morgan fingerprint density at radius 1 is 0.951 bits per heavy atom. The molecule has 1 atom stereocenters. The van der Waals surface area contributed by atoms with Crippen LogP contribution < -0.4 is 15.8 Å². The molecule has 4 N–H and O–H groups in total.